The van der Waals surface area contributed by atoms with Crippen LogP contribution >= 0.6 is 11.8 Å². The highest BCUT2D eigenvalue weighted by molar-refractivity contribution is 8.03. The zero-order valence-corrected chi connectivity index (χ0v) is 21.6. The summed E-state index contributed by atoms with van der Waals surface area (Å²) < 4.78 is 0. The minimum atomic E-state index is -0.401. The molecule has 188 valence electrons. The zero-order valence-electron chi connectivity index (χ0n) is 20.8. The average molecular weight is 512 g/mol. The Morgan fingerprint density at radius 2 is 1.76 bits per heavy atom. The number of hydrazone groups is 1. The highest BCUT2D eigenvalue weighted by Crippen LogP contribution is 2.48. The van der Waals surface area contributed by atoms with Crippen molar-refractivity contribution >= 4 is 40.5 Å². The van der Waals surface area contributed by atoms with Crippen LogP contribution in [0.5, 0.6) is 0 Å². The molecule has 1 N–H and O–H groups in total. The quantitative estimate of drug-likeness (QED) is 0.447. The summed E-state index contributed by atoms with van der Waals surface area (Å²) in [6.07, 6.45) is 9.46. The molecule has 0 radical (unpaired) electrons. The minimum absolute atomic E-state index is 0.0600. The van der Waals surface area contributed by atoms with E-state index in [9.17, 15) is 14.7 Å². The van der Waals surface area contributed by atoms with Crippen molar-refractivity contribution in [2.75, 3.05) is 16.5 Å². The maximum Gasteiger partial charge on any atom is 0.281 e. The van der Waals surface area contributed by atoms with Gasteiger partial charge in [-0.15, -0.1) is 0 Å². The molecule has 6 rings (SSSR count). The Balaban J connectivity index is 1.27. The van der Waals surface area contributed by atoms with E-state index in [1.165, 1.54) is 37.1 Å². The lowest BCUT2D eigenvalue weighted by Gasteiger charge is -2.24. The molecule has 2 aliphatic carbocycles. The van der Waals surface area contributed by atoms with Gasteiger partial charge in [-0.05, 0) is 56.0 Å². The van der Waals surface area contributed by atoms with E-state index in [1.807, 2.05) is 30.3 Å². The standard InChI is InChI=1S/C30H29N3O3S/c1-19-26(30(36)33(31-19)21-13-3-2-4-14-21)27-28(34)22(29(27)35)18-25-32(17-9-12-20-10-5-6-11-20)23-15-7-8-16-24(23)37-25/h2-4,7-8,13-16,18,20,34H,5-6,9-12,17H2,1H3/b25-18-,27-26?. The van der Waals surface area contributed by atoms with Crippen LogP contribution in [0.2, 0.25) is 0 Å². The summed E-state index contributed by atoms with van der Waals surface area (Å²) in [5, 5.41) is 17.5. The van der Waals surface area contributed by atoms with Crippen LogP contribution in [-0.2, 0) is 9.59 Å². The van der Waals surface area contributed by atoms with E-state index < -0.39 is 5.91 Å². The van der Waals surface area contributed by atoms with Crippen molar-refractivity contribution in [3.63, 3.8) is 0 Å². The number of carbonyl (C=O) groups excluding carboxylic acids is 2. The van der Waals surface area contributed by atoms with Gasteiger partial charge in [-0.25, -0.2) is 0 Å². The number of nitrogens with zero attached hydrogens (tertiary/aromatic N) is 3. The van der Waals surface area contributed by atoms with Crippen LogP contribution in [0.1, 0.15) is 45.4 Å². The Labute approximate surface area is 221 Å². The third-order valence-electron chi connectivity index (χ3n) is 7.61. The minimum Gasteiger partial charge on any atom is -0.506 e. The van der Waals surface area contributed by atoms with E-state index in [2.05, 4.69) is 22.1 Å². The lowest BCUT2D eigenvalue weighted by molar-refractivity contribution is -0.116. The topological polar surface area (TPSA) is 73.2 Å². The smallest absolute Gasteiger partial charge is 0.281 e. The number of aliphatic hydroxyl groups excluding tert-OH is 1. The van der Waals surface area contributed by atoms with Gasteiger partial charge >= 0.3 is 0 Å². The molecule has 0 saturated heterocycles. The van der Waals surface area contributed by atoms with Gasteiger partial charge < -0.3 is 10.0 Å². The van der Waals surface area contributed by atoms with Crippen LogP contribution in [-0.4, -0.2) is 29.1 Å². The number of thioether (sulfide) groups is 1. The summed E-state index contributed by atoms with van der Waals surface area (Å²) in [6, 6.07) is 17.3. The van der Waals surface area contributed by atoms with Gasteiger partial charge in [0.15, 0.2) is 0 Å². The second-order valence-corrected chi connectivity index (χ2v) is 11.0. The average Bonchev–Trinajstić information content (AvgIpc) is 3.63. The molecular formula is C30H29N3O3S. The van der Waals surface area contributed by atoms with Crippen LogP contribution in [0, 0.1) is 5.92 Å². The number of allylic oxidation sites excluding steroid dienone is 3. The second-order valence-electron chi connectivity index (χ2n) is 9.98. The maximum absolute atomic E-state index is 13.3. The van der Waals surface area contributed by atoms with Crippen molar-refractivity contribution in [1.29, 1.82) is 0 Å². The number of anilines is 2. The van der Waals surface area contributed by atoms with Gasteiger partial charge in [0.2, 0.25) is 5.78 Å². The molecule has 6 nitrogen and oxygen atoms in total. The fourth-order valence-electron chi connectivity index (χ4n) is 5.68. The van der Waals surface area contributed by atoms with Crippen LogP contribution in [0.4, 0.5) is 11.4 Å². The van der Waals surface area contributed by atoms with Gasteiger partial charge in [-0.2, -0.15) is 10.1 Å². The molecule has 2 aromatic carbocycles. The molecule has 37 heavy (non-hydrogen) atoms. The van der Waals surface area contributed by atoms with Gasteiger partial charge in [-0.3, -0.25) is 9.59 Å². The van der Waals surface area contributed by atoms with Gasteiger partial charge in [0.1, 0.15) is 5.76 Å². The molecule has 0 aromatic heterocycles. The summed E-state index contributed by atoms with van der Waals surface area (Å²) >= 11 is 1.62. The van der Waals surface area contributed by atoms with Gasteiger partial charge in [0.25, 0.3) is 5.91 Å². The van der Waals surface area contributed by atoms with Crippen molar-refractivity contribution < 1.29 is 14.7 Å². The Bertz CT molecular complexity index is 1400. The number of benzene rings is 2. The van der Waals surface area contributed by atoms with Crippen molar-refractivity contribution in [2.24, 2.45) is 11.0 Å². The van der Waals surface area contributed by atoms with Crippen LogP contribution in [0.15, 0.2) is 98.2 Å². The predicted molar refractivity (Wildman–Crippen MR) is 148 cm³/mol. The maximum atomic E-state index is 13.3. The van der Waals surface area contributed by atoms with E-state index in [1.54, 1.807) is 36.9 Å². The number of amides is 1. The lowest BCUT2D eigenvalue weighted by atomic mass is 9.83. The molecule has 2 aromatic rings. The summed E-state index contributed by atoms with van der Waals surface area (Å²) in [7, 11) is 0. The third kappa shape index (κ3) is 4.21. The normalized spacial score (nSPS) is 22.8. The zero-order chi connectivity index (χ0) is 25.5. The number of Topliss-reactive ketones (excluding diaryl/α,β-unsaturated/α-hetero) is 1. The number of hydrogen-bond donors (Lipinski definition) is 1. The molecule has 1 amide bonds. The van der Waals surface area contributed by atoms with Crippen molar-refractivity contribution in [2.45, 2.75) is 50.3 Å². The first-order valence-corrected chi connectivity index (χ1v) is 13.8. The first-order valence-electron chi connectivity index (χ1n) is 13.0. The molecule has 2 aliphatic heterocycles. The van der Waals surface area contributed by atoms with Crippen LogP contribution in [0.3, 0.4) is 0 Å². The monoisotopic (exact) mass is 511 g/mol. The summed E-state index contributed by atoms with van der Waals surface area (Å²) in [5.74, 6) is -0.0223. The number of para-hydroxylation sites is 2. The molecule has 0 bridgehead atoms. The molecule has 4 aliphatic rings. The SMILES string of the molecule is CC1=NN(c2ccccc2)C(=O)C1=C1C(=O)C(/C=C2\Sc3ccccc3N2CCCC2CCCC2)=C1O. The molecule has 1 fully saturated rings. The number of carbonyl (C=O) groups is 2. The molecule has 0 atom stereocenters. The molecule has 0 unspecified atom stereocenters. The highest BCUT2D eigenvalue weighted by Gasteiger charge is 2.42. The third-order valence-corrected chi connectivity index (χ3v) is 8.72. The predicted octanol–water partition coefficient (Wildman–Crippen LogP) is 6.52. The van der Waals surface area contributed by atoms with E-state index in [4.69, 9.17) is 0 Å². The Morgan fingerprint density at radius 1 is 1.03 bits per heavy atom. The first-order chi connectivity index (χ1) is 18.0. The van der Waals surface area contributed by atoms with Crippen molar-refractivity contribution in [3.8, 4) is 0 Å². The molecule has 7 heteroatoms. The first kappa shape index (κ1) is 23.8. The molecule has 0 spiro atoms. The summed E-state index contributed by atoms with van der Waals surface area (Å²) in [4.78, 5) is 29.8. The lowest BCUT2D eigenvalue weighted by Crippen LogP contribution is -2.30. The van der Waals surface area contributed by atoms with Crippen LogP contribution < -0.4 is 9.91 Å². The van der Waals surface area contributed by atoms with Crippen molar-refractivity contribution in [1.82, 2.24) is 0 Å². The van der Waals surface area contributed by atoms with Crippen LogP contribution in [0.25, 0.3) is 0 Å². The van der Waals surface area contributed by atoms with E-state index >= 15 is 0 Å². The fraction of sp³-hybridized carbons (Fsp3) is 0.300. The fourth-order valence-corrected chi connectivity index (χ4v) is 6.81. The van der Waals surface area contributed by atoms with Crippen molar-refractivity contribution in [3.05, 3.63) is 88.2 Å². The Hall–Kier alpha value is -3.58. The largest absolute Gasteiger partial charge is 0.506 e. The Kier molecular flexibility index (Phi) is 6.24. The van der Waals surface area contributed by atoms with Gasteiger partial charge in [0.05, 0.1) is 38.8 Å². The van der Waals surface area contributed by atoms with E-state index in [0.29, 0.717) is 11.4 Å². The number of aliphatic hydroxyl groups is 1. The highest BCUT2D eigenvalue weighted by atomic mass is 32.2. The Morgan fingerprint density at radius 3 is 2.51 bits per heavy atom. The number of rotatable bonds is 6. The summed E-state index contributed by atoms with van der Waals surface area (Å²) in [5.41, 5.74) is 2.66. The van der Waals surface area contributed by atoms with Gasteiger partial charge in [0, 0.05) is 11.4 Å². The number of hydrogen-bond acceptors (Lipinski definition) is 6. The molecular weight excluding hydrogens is 482 g/mol. The second kappa shape index (κ2) is 9.71. The molecule has 1 saturated carbocycles. The van der Waals surface area contributed by atoms with Gasteiger partial charge in [-0.1, -0.05) is 67.8 Å². The number of ketones is 1. The van der Waals surface area contributed by atoms with E-state index in [0.717, 1.165) is 34.5 Å². The molecule has 2 heterocycles. The van der Waals surface area contributed by atoms with E-state index in [-0.39, 0.29) is 28.3 Å². The summed E-state index contributed by atoms with van der Waals surface area (Å²) in [6.45, 7) is 2.56. The number of fused-ring (bicyclic) bond motifs is 1.